The summed E-state index contributed by atoms with van der Waals surface area (Å²) in [5.74, 6) is -0.903. The number of hydrogen-bond donors (Lipinski definition) is 0. The van der Waals surface area contributed by atoms with Crippen molar-refractivity contribution in [3.63, 3.8) is 0 Å². The van der Waals surface area contributed by atoms with Gasteiger partial charge in [-0.15, -0.1) is 0 Å². The van der Waals surface area contributed by atoms with E-state index < -0.39 is 6.10 Å². The highest BCUT2D eigenvalue weighted by Gasteiger charge is 2.19. The first-order valence-corrected chi connectivity index (χ1v) is 28.1. The third kappa shape index (κ3) is 52.2. The van der Waals surface area contributed by atoms with Crippen LogP contribution in [0.25, 0.3) is 0 Å². The van der Waals surface area contributed by atoms with Crippen LogP contribution in [0, 0.1) is 0 Å². The van der Waals surface area contributed by atoms with Crippen molar-refractivity contribution in [1.82, 2.24) is 0 Å². The fraction of sp³-hybridized carbons (Fsp3) is 0.814. The Morgan fingerprint density at radius 3 is 0.892 bits per heavy atom. The zero-order valence-corrected chi connectivity index (χ0v) is 43.3. The number of allylic oxidation sites excluding steroid dienone is 8. The maximum Gasteiger partial charge on any atom is 0.306 e. The fourth-order valence-corrected chi connectivity index (χ4v) is 7.99. The fourth-order valence-electron chi connectivity index (χ4n) is 7.99. The van der Waals surface area contributed by atoms with E-state index in [0.717, 1.165) is 96.3 Å². The van der Waals surface area contributed by atoms with Crippen LogP contribution in [-0.4, -0.2) is 37.2 Å². The standard InChI is InChI=1S/C59H106O6/c1-4-7-10-13-16-19-22-25-28-29-32-34-37-40-43-46-49-52-58(61)64-55-56(65-59(62)53-50-47-44-41-38-35-31-27-24-21-18-15-12-9-6-3)54-63-57(60)51-48-45-42-39-36-33-30-26-23-20-17-14-11-8-5-2/h17,20,26-27,29-32,56H,4-16,18-19,21-25,28,33-55H2,1-3H3/b20-17-,30-26-,31-27-,32-29-. The molecule has 378 valence electrons. The Morgan fingerprint density at radius 2 is 0.554 bits per heavy atom. The van der Waals surface area contributed by atoms with Crippen LogP contribution < -0.4 is 0 Å². The zero-order chi connectivity index (χ0) is 47.2. The molecule has 1 atom stereocenters. The average molecular weight is 911 g/mol. The largest absolute Gasteiger partial charge is 0.462 e. The molecule has 0 amide bonds. The van der Waals surface area contributed by atoms with Crippen LogP contribution >= 0.6 is 0 Å². The molecule has 0 aromatic carbocycles. The molecule has 0 aliphatic heterocycles. The molecule has 0 rings (SSSR count). The Balaban J connectivity index is 4.40. The normalized spacial score (nSPS) is 12.4. The van der Waals surface area contributed by atoms with Crippen LogP contribution in [-0.2, 0) is 28.6 Å². The highest BCUT2D eigenvalue weighted by atomic mass is 16.6. The highest BCUT2D eigenvalue weighted by Crippen LogP contribution is 2.15. The zero-order valence-electron chi connectivity index (χ0n) is 43.3. The van der Waals surface area contributed by atoms with Gasteiger partial charge in [-0.3, -0.25) is 14.4 Å². The second-order valence-electron chi connectivity index (χ2n) is 18.8. The van der Waals surface area contributed by atoms with Gasteiger partial charge < -0.3 is 14.2 Å². The van der Waals surface area contributed by atoms with Gasteiger partial charge in [-0.2, -0.15) is 0 Å². The molecule has 0 aliphatic rings. The lowest BCUT2D eigenvalue weighted by Crippen LogP contribution is -2.30. The number of ether oxygens (including phenoxy) is 3. The Bertz CT molecular complexity index is 1140. The van der Waals surface area contributed by atoms with Crippen LogP contribution in [0.3, 0.4) is 0 Å². The molecular weight excluding hydrogens is 805 g/mol. The smallest absolute Gasteiger partial charge is 0.306 e. The van der Waals surface area contributed by atoms with Gasteiger partial charge in [0.2, 0.25) is 0 Å². The summed E-state index contributed by atoms with van der Waals surface area (Å²) in [4.78, 5) is 38.1. The van der Waals surface area contributed by atoms with E-state index in [2.05, 4.69) is 69.4 Å². The number of rotatable bonds is 51. The van der Waals surface area contributed by atoms with E-state index in [1.165, 1.54) is 154 Å². The summed E-state index contributed by atoms with van der Waals surface area (Å²) in [7, 11) is 0. The highest BCUT2D eigenvalue weighted by molar-refractivity contribution is 5.71. The van der Waals surface area contributed by atoms with Crippen molar-refractivity contribution in [3.8, 4) is 0 Å². The molecule has 0 saturated carbocycles. The predicted molar refractivity (Wildman–Crippen MR) is 279 cm³/mol. The third-order valence-corrected chi connectivity index (χ3v) is 12.3. The van der Waals surface area contributed by atoms with Gasteiger partial charge in [-0.05, 0) is 103 Å². The topological polar surface area (TPSA) is 78.9 Å². The molecule has 0 aliphatic carbocycles. The number of esters is 3. The number of hydrogen-bond acceptors (Lipinski definition) is 6. The molecule has 0 saturated heterocycles. The number of carbonyl (C=O) groups is 3. The maximum absolute atomic E-state index is 12.8. The molecule has 0 radical (unpaired) electrons. The van der Waals surface area contributed by atoms with Gasteiger partial charge in [0, 0.05) is 19.3 Å². The first-order chi connectivity index (χ1) is 32.0. The lowest BCUT2D eigenvalue weighted by Gasteiger charge is -2.18. The van der Waals surface area contributed by atoms with E-state index in [0.29, 0.717) is 19.3 Å². The van der Waals surface area contributed by atoms with Gasteiger partial charge in [0.25, 0.3) is 0 Å². The first kappa shape index (κ1) is 62.4. The minimum Gasteiger partial charge on any atom is -0.462 e. The Morgan fingerprint density at radius 1 is 0.308 bits per heavy atom. The molecule has 6 heteroatoms. The van der Waals surface area contributed by atoms with Crippen LogP contribution in [0.5, 0.6) is 0 Å². The van der Waals surface area contributed by atoms with Gasteiger partial charge in [0.1, 0.15) is 13.2 Å². The predicted octanol–water partition coefficient (Wildman–Crippen LogP) is 18.7. The summed E-state index contributed by atoms with van der Waals surface area (Å²) < 4.78 is 16.8. The van der Waals surface area contributed by atoms with Crippen LogP contribution in [0.1, 0.15) is 290 Å². The molecule has 0 N–H and O–H groups in total. The quantitative estimate of drug-likeness (QED) is 0.0262. The van der Waals surface area contributed by atoms with Crippen molar-refractivity contribution in [2.24, 2.45) is 0 Å². The van der Waals surface area contributed by atoms with Crippen molar-refractivity contribution < 1.29 is 28.6 Å². The van der Waals surface area contributed by atoms with E-state index in [9.17, 15) is 14.4 Å². The van der Waals surface area contributed by atoms with Crippen molar-refractivity contribution >= 4 is 17.9 Å². The average Bonchev–Trinajstić information content (AvgIpc) is 3.30. The van der Waals surface area contributed by atoms with Gasteiger partial charge in [0.15, 0.2) is 6.10 Å². The summed E-state index contributed by atoms with van der Waals surface area (Å²) in [5, 5.41) is 0. The molecular formula is C59H106O6. The van der Waals surface area contributed by atoms with Crippen LogP contribution in [0.15, 0.2) is 48.6 Å². The molecule has 0 aromatic heterocycles. The minimum atomic E-state index is -0.785. The third-order valence-electron chi connectivity index (χ3n) is 12.3. The van der Waals surface area contributed by atoms with E-state index in [4.69, 9.17) is 14.2 Å². The van der Waals surface area contributed by atoms with Crippen LogP contribution in [0.2, 0.25) is 0 Å². The summed E-state index contributed by atoms with van der Waals surface area (Å²) in [6.07, 6.45) is 65.2. The molecule has 6 nitrogen and oxygen atoms in total. The Kier molecular flexibility index (Phi) is 51.8. The summed E-state index contributed by atoms with van der Waals surface area (Å²) >= 11 is 0. The van der Waals surface area contributed by atoms with E-state index in [1.807, 2.05) is 0 Å². The van der Waals surface area contributed by atoms with E-state index in [1.54, 1.807) is 0 Å². The van der Waals surface area contributed by atoms with Gasteiger partial charge >= 0.3 is 17.9 Å². The Labute approximate surface area is 403 Å². The molecule has 0 bridgehead atoms. The van der Waals surface area contributed by atoms with Crippen molar-refractivity contribution in [1.29, 1.82) is 0 Å². The molecule has 1 unspecified atom stereocenters. The first-order valence-electron chi connectivity index (χ1n) is 28.1. The molecule has 0 heterocycles. The van der Waals surface area contributed by atoms with Crippen LogP contribution in [0.4, 0.5) is 0 Å². The summed E-state index contributed by atoms with van der Waals surface area (Å²) in [6, 6.07) is 0. The summed E-state index contributed by atoms with van der Waals surface area (Å²) in [5.41, 5.74) is 0. The lowest BCUT2D eigenvalue weighted by atomic mass is 10.1. The van der Waals surface area contributed by atoms with Crippen molar-refractivity contribution in [2.75, 3.05) is 13.2 Å². The van der Waals surface area contributed by atoms with Crippen molar-refractivity contribution in [2.45, 2.75) is 297 Å². The molecule has 0 spiro atoms. The van der Waals surface area contributed by atoms with E-state index >= 15 is 0 Å². The lowest BCUT2D eigenvalue weighted by molar-refractivity contribution is -0.167. The summed E-state index contributed by atoms with van der Waals surface area (Å²) in [6.45, 7) is 6.60. The molecule has 0 fully saturated rings. The second kappa shape index (κ2) is 54.0. The van der Waals surface area contributed by atoms with E-state index in [-0.39, 0.29) is 31.1 Å². The van der Waals surface area contributed by atoms with Gasteiger partial charge in [0.05, 0.1) is 0 Å². The molecule has 65 heavy (non-hydrogen) atoms. The number of unbranched alkanes of at least 4 members (excludes halogenated alkanes) is 32. The SMILES string of the molecule is CCCCC/C=C\C/C=C\CCCCCCCC(=O)OCC(COC(=O)CCCCCCC/C=C\CCCCCCCCCC)OC(=O)CCCCCCC/C=C\CCCCCCCC. The van der Waals surface area contributed by atoms with Gasteiger partial charge in [-0.1, -0.05) is 217 Å². The molecule has 0 aromatic rings. The monoisotopic (exact) mass is 911 g/mol. The Hall–Kier alpha value is -2.63. The second-order valence-corrected chi connectivity index (χ2v) is 18.8. The van der Waals surface area contributed by atoms with Crippen molar-refractivity contribution in [3.05, 3.63) is 48.6 Å². The van der Waals surface area contributed by atoms with Gasteiger partial charge in [-0.25, -0.2) is 0 Å². The number of carbonyl (C=O) groups excluding carboxylic acids is 3. The maximum atomic E-state index is 12.8. The minimum absolute atomic E-state index is 0.0841.